The fourth-order valence-electron chi connectivity index (χ4n) is 4.75. The molecule has 1 saturated carbocycles. The summed E-state index contributed by atoms with van der Waals surface area (Å²) in [5.41, 5.74) is 4.88. The van der Waals surface area contributed by atoms with E-state index >= 15 is 0 Å². The number of hydrogen-bond acceptors (Lipinski definition) is 2. The highest BCUT2D eigenvalue weighted by Gasteiger charge is 2.25. The fraction of sp³-hybridized carbons (Fsp3) is 0.467. The first-order chi connectivity index (χ1) is 15.8. The van der Waals surface area contributed by atoms with Gasteiger partial charge in [-0.2, -0.15) is 10.2 Å². The van der Waals surface area contributed by atoms with Crippen molar-refractivity contribution in [1.29, 1.82) is 0 Å². The van der Waals surface area contributed by atoms with E-state index in [0.717, 1.165) is 30.0 Å². The van der Waals surface area contributed by atoms with Crippen LogP contribution in [0.4, 0.5) is 0 Å². The molecule has 0 aliphatic heterocycles. The van der Waals surface area contributed by atoms with Crippen LogP contribution in [0.5, 0.6) is 0 Å². The van der Waals surface area contributed by atoms with Gasteiger partial charge in [-0.05, 0) is 74.0 Å². The minimum Gasteiger partial charge on any atom is -0.158 e. The molecular formula is C30H40N2. The SMILES string of the molecule is C=CCCCCc1ccc(C=NN=C(c2ccccc2)[C@H]2CC[C@H](CCCC)CC2)cc1. The van der Waals surface area contributed by atoms with Gasteiger partial charge in [0.1, 0.15) is 0 Å². The van der Waals surface area contributed by atoms with Crippen LogP contribution in [0, 0.1) is 11.8 Å². The first-order valence-electron chi connectivity index (χ1n) is 12.7. The number of unbranched alkanes of at least 4 members (excludes halogenated alkanes) is 3. The first kappa shape index (κ1) is 24.2. The Hall–Kier alpha value is -2.48. The largest absolute Gasteiger partial charge is 0.158 e. The third kappa shape index (κ3) is 7.89. The summed E-state index contributed by atoms with van der Waals surface area (Å²) in [5, 5.41) is 9.30. The number of aryl methyl sites for hydroxylation is 1. The lowest BCUT2D eigenvalue weighted by atomic mass is 9.76. The minimum atomic E-state index is 0.519. The fourth-order valence-corrected chi connectivity index (χ4v) is 4.75. The Morgan fingerprint density at radius 2 is 1.69 bits per heavy atom. The number of benzene rings is 2. The van der Waals surface area contributed by atoms with Gasteiger partial charge in [0, 0.05) is 5.92 Å². The molecule has 0 atom stereocenters. The predicted molar refractivity (Wildman–Crippen MR) is 140 cm³/mol. The molecule has 0 unspecified atom stereocenters. The molecule has 1 fully saturated rings. The standard InChI is InChI=1S/C30H40N2/c1-3-5-7-9-13-26-16-18-27(19-17-26)24-31-32-30(28-14-10-8-11-15-28)29-22-20-25(21-23-29)12-6-4-2/h3,8,10-11,14-19,24-25,29H,1,4-7,9,12-13,20-23H2,2H3/t25-,29-. The molecule has 2 nitrogen and oxygen atoms in total. The molecule has 32 heavy (non-hydrogen) atoms. The molecule has 1 aliphatic carbocycles. The quantitative estimate of drug-likeness (QED) is 0.140. The maximum Gasteiger partial charge on any atom is 0.0733 e. The van der Waals surface area contributed by atoms with Crippen LogP contribution in [0.3, 0.4) is 0 Å². The van der Waals surface area contributed by atoms with Gasteiger partial charge in [0.2, 0.25) is 0 Å². The van der Waals surface area contributed by atoms with Gasteiger partial charge in [0.15, 0.2) is 0 Å². The predicted octanol–water partition coefficient (Wildman–Crippen LogP) is 8.41. The van der Waals surface area contributed by atoms with Crippen molar-refractivity contribution in [3.05, 3.63) is 83.9 Å². The molecule has 1 aliphatic rings. The third-order valence-corrected chi connectivity index (χ3v) is 6.74. The lowest BCUT2D eigenvalue weighted by Gasteiger charge is -2.29. The van der Waals surface area contributed by atoms with Gasteiger partial charge in [-0.1, -0.05) is 86.9 Å². The molecule has 0 aromatic heterocycles. The molecule has 0 saturated heterocycles. The summed E-state index contributed by atoms with van der Waals surface area (Å²) < 4.78 is 0. The van der Waals surface area contributed by atoms with Crippen LogP contribution >= 0.6 is 0 Å². The van der Waals surface area contributed by atoms with E-state index in [1.54, 1.807) is 0 Å². The molecule has 3 rings (SSSR count). The van der Waals surface area contributed by atoms with E-state index < -0.39 is 0 Å². The van der Waals surface area contributed by atoms with E-state index in [9.17, 15) is 0 Å². The van der Waals surface area contributed by atoms with Crippen molar-refractivity contribution in [3.8, 4) is 0 Å². The Labute approximate surface area is 195 Å². The lowest BCUT2D eigenvalue weighted by Crippen LogP contribution is -2.22. The number of nitrogens with zero attached hydrogens (tertiary/aromatic N) is 2. The van der Waals surface area contributed by atoms with E-state index in [1.807, 2.05) is 12.3 Å². The molecule has 0 radical (unpaired) electrons. The van der Waals surface area contributed by atoms with Crippen LogP contribution in [0.25, 0.3) is 0 Å². The van der Waals surface area contributed by atoms with Crippen molar-refractivity contribution >= 4 is 11.9 Å². The highest BCUT2D eigenvalue weighted by molar-refractivity contribution is 6.02. The molecule has 2 aromatic rings. The van der Waals surface area contributed by atoms with E-state index in [0.29, 0.717) is 5.92 Å². The molecule has 0 spiro atoms. The summed E-state index contributed by atoms with van der Waals surface area (Å²) in [4.78, 5) is 0. The van der Waals surface area contributed by atoms with Crippen LogP contribution in [-0.4, -0.2) is 11.9 Å². The molecule has 0 bridgehead atoms. The minimum absolute atomic E-state index is 0.519. The second kappa shape index (κ2) is 13.8. The summed E-state index contributed by atoms with van der Waals surface area (Å²) in [5.74, 6) is 1.42. The van der Waals surface area contributed by atoms with Crippen molar-refractivity contribution in [1.82, 2.24) is 0 Å². The topological polar surface area (TPSA) is 24.7 Å². The summed E-state index contributed by atoms with van der Waals surface area (Å²) in [6.45, 7) is 6.09. The molecule has 2 heteroatoms. The Bertz CT molecular complexity index is 840. The Kier molecular flexibility index (Phi) is 10.4. The molecule has 0 N–H and O–H groups in total. The van der Waals surface area contributed by atoms with Gasteiger partial charge in [0.05, 0.1) is 11.9 Å². The number of rotatable bonds is 12. The number of hydrogen-bond donors (Lipinski definition) is 0. The highest BCUT2D eigenvalue weighted by Crippen LogP contribution is 2.34. The molecule has 0 heterocycles. The molecule has 0 amide bonds. The summed E-state index contributed by atoms with van der Waals surface area (Å²) in [7, 11) is 0. The van der Waals surface area contributed by atoms with Crippen molar-refractivity contribution in [3.63, 3.8) is 0 Å². The van der Waals surface area contributed by atoms with Crippen molar-refractivity contribution in [2.45, 2.75) is 77.6 Å². The Balaban J connectivity index is 1.63. The number of allylic oxidation sites excluding steroid dienone is 1. The van der Waals surface area contributed by atoms with E-state index in [-0.39, 0.29) is 0 Å². The van der Waals surface area contributed by atoms with Gasteiger partial charge in [-0.25, -0.2) is 0 Å². The van der Waals surface area contributed by atoms with Crippen molar-refractivity contribution in [2.24, 2.45) is 22.0 Å². The monoisotopic (exact) mass is 428 g/mol. The smallest absolute Gasteiger partial charge is 0.0733 e. The average Bonchev–Trinajstić information content (AvgIpc) is 2.85. The maximum atomic E-state index is 4.77. The van der Waals surface area contributed by atoms with E-state index in [1.165, 1.54) is 68.9 Å². The highest BCUT2D eigenvalue weighted by atomic mass is 15.2. The zero-order chi connectivity index (χ0) is 22.4. The second-order valence-electron chi connectivity index (χ2n) is 9.23. The van der Waals surface area contributed by atoms with Gasteiger partial charge in [0.25, 0.3) is 0 Å². The van der Waals surface area contributed by atoms with Gasteiger partial charge in [-0.15, -0.1) is 6.58 Å². The van der Waals surface area contributed by atoms with Crippen molar-refractivity contribution < 1.29 is 0 Å². The van der Waals surface area contributed by atoms with E-state index in [2.05, 4.69) is 73.2 Å². The molecule has 170 valence electrons. The Morgan fingerprint density at radius 3 is 2.38 bits per heavy atom. The normalized spacial score (nSPS) is 19.3. The van der Waals surface area contributed by atoms with Gasteiger partial charge >= 0.3 is 0 Å². The van der Waals surface area contributed by atoms with Crippen LogP contribution < -0.4 is 0 Å². The van der Waals surface area contributed by atoms with Crippen LogP contribution in [0.1, 0.15) is 87.8 Å². The summed E-state index contributed by atoms with van der Waals surface area (Å²) >= 11 is 0. The molecule has 2 aromatic carbocycles. The van der Waals surface area contributed by atoms with Crippen LogP contribution in [0.2, 0.25) is 0 Å². The first-order valence-corrected chi connectivity index (χ1v) is 12.7. The van der Waals surface area contributed by atoms with E-state index in [4.69, 9.17) is 5.10 Å². The summed E-state index contributed by atoms with van der Waals surface area (Å²) in [6.07, 6.45) is 17.8. The van der Waals surface area contributed by atoms with Crippen molar-refractivity contribution in [2.75, 3.05) is 0 Å². The average molecular weight is 429 g/mol. The van der Waals surface area contributed by atoms with Crippen LogP contribution in [0.15, 0.2) is 77.5 Å². The van der Waals surface area contributed by atoms with Crippen LogP contribution in [-0.2, 0) is 6.42 Å². The Morgan fingerprint density at radius 1 is 0.938 bits per heavy atom. The van der Waals surface area contributed by atoms with Gasteiger partial charge < -0.3 is 0 Å². The van der Waals surface area contributed by atoms with Gasteiger partial charge in [-0.3, -0.25) is 0 Å². The summed E-state index contributed by atoms with van der Waals surface area (Å²) in [6, 6.07) is 19.4. The maximum absolute atomic E-state index is 4.77. The zero-order valence-electron chi connectivity index (χ0n) is 19.9. The lowest BCUT2D eigenvalue weighted by molar-refractivity contribution is 0.301. The molecular weight excluding hydrogens is 388 g/mol. The zero-order valence-corrected chi connectivity index (χ0v) is 19.9. The second-order valence-corrected chi connectivity index (χ2v) is 9.23. The third-order valence-electron chi connectivity index (χ3n) is 6.74.